The molecule has 0 aliphatic carbocycles. The normalized spacial score (nSPS) is 24.1. The van der Waals surface area contributed by atoms with Crippen molar-refractivity contribution in [2.75, 3.05) is 44.4 Å². The predicted molar refractivity (Wildman–Crippen MR) is 88.6 cm³/mol. The van der Waals surface area contributed by atoms with Gasteiger partial charge < -0.3 is 14.1 Å². The van der Waals surface area contributed by atoms with Crippen molar-refractivity contribution < 1.29 is 22.4 Å². The highest BCUT2D eigenvalue weighted by Crippen LogP contribution is 2.21. The van der Waals surface area contributed by atoms with Crippen LogP contribution in [0.3, 0.4) is 0 Å². The number of hydrogen-bond acceptors (Lipinski definition) is 6. The van der Waals surface area contributed by atoms with Gasteiger partial charge >= 0.3 is 0 Å². The number of furan rings is 1. The quantitative estimate of drug-likeness (QED) is 0.775. The van der Waals surface area contributed by atoms with Crippen LogP contribution in [0.4, 0.5) is 0 Å². The molecule has 3 heterocycles. The Morgan fingerprint density at radius 3 is 2.75 bits per heavy atom. The fourth-order valence-electron chi connectivity index (χ4n) is 3.31. The number of morpholine rings is 1. The molecule has 24 heavy (non-hydrogen) atoms. The molecule has 0 saturated carbocycles. The lowest BCUT2D eigenvalue weighted by atomic mass is 10.2. The highest BCUT2D eigenvalue weighted by molar-refractivity contribution is 7.91. The molecule has 0 radical (unpaired) electrons. The first-order chi connectivity index (χ1) is 11.5. The second kappa shape index (κ2) is 7.25. The van der Waals surface area contributed by atoms with Gasteiger partial charge in [0.2, 0.25) is 0 Å². The van der Waals surface area contributed by atoms with Gasteiger partial charge in [0, 0.05) is 25.7 Å². The Labute approximate surface area is 142 Å². The van der Waals surface area contributed by atoms with Crippen LogP contribution in [0.1, 0.15) is 29.5 Å². The summed E-state index contributed by atoms with van der Waals surface area (Å²) in [5.74, 6) is 0.812. The molecule has 3 rings (SSSR count). The van der Waals surface area contributed by atoms with Gasteiger partial charge in [0.1, 0.15) is 12.0 Å². The molecule has 1 amide bonds. The van der Waals surface area contributed by atoms with Crippen LogP contribution >= 0.6 is 0 Å². The standard InChI is InChI=1S/C16H24N2O5S/c1-2-18(14-3-8-24(20,21)12-14)16(19)13-9-15(23-11-13)10-17-4-6-22-7-5-17/h9,11,14H,2-8,10,12H2,1H3/t14-/m1/s1. The Hall–Kier alpha value is -1.38. The molecular formula is C16H24N2O5S. The zero-order valence-corrected chi connectivity index (χ0v) is 14.8. The molecule has 2 fully saturated rings. The molecule has 7 nitrogen and oxygen atoms in total. The molecule has 134 valence electrons. The lowest BCUT2D eigenvalue weighted by molar-refractivity contribution is 0.0313. The largest absolute Gasteiger partial charge is 0.467 e. The van der Waals surface area contributed by atoms with Gasteiger partial charge in [-0.3, -0.25) is 9.69 Å². The van der Waals surface area contributed by atoms with Gasteiger partial charge in [0.15, 0.2) is 9.84 Å². The van der Waals surface area contributed by atoms with Crippen molar-refractivity contribution in [3.05, 3.63) is 23.7 Å². The van der Waals surface area contributed by atoms with Crippen LogP contribution in [0.25, 0.3) is 0 Å². The third-order valence-electron chi connectivity index (χ3n) is 4.63. The summed E-state index contributed by atoms with van der Waals surface area (Å²) >= 11 is 0. The van der Waals surface area contributed by atoms with Crippen LogP contribution in [-0.2, 0) is 21.1 Å². The topological polar surface area (TPSA) is 80.1 Å². The van der Waals surface area contributed by atoms with Gasteiger partial charge in [-0.2, -0.15) is 0 Å². The van der Waals surface area contributed by atoms with Crippen LogP contribution in [0.5, 0.6) is 0 Å². The number of carbonyl (C=O) groups is 1. The molecule has 0 aromatic carbocycles. The maximum Gasteiger partial charge on any atom is 0.257 e. The van der Waals surface area contributed by atoms with Crippen molar-refractivity contribution in [3.8, 4) is 0 Å². The summed E-state index contributed by atoms with van der Waals surface area (Å²) in [4.78, 5) is 16.6. The van der Waals surface area contributed by atoms with Crippen LogP contribution < -0.4 is 0 Å². The summed E-state index contributed by atoms with van der Waals surface area (Å²) < 4.78 is 34.2. The Balaban J connectivity index is 1.65. The molecular weight excluding hydrogens is 332 g/mol. The number of amides is 1. The van der Waals surface area contributed by atoms with Gasteiger partial charge in [0.05, 0.1) is 36.8 Å². The number of ether oxygens (including phenoxy) is 1. The number of carbonyl (C=O) groups excluding carboxylic acids is 1. The first-order valence-electron chi connectivity index (χ1n) is 8.37. The van der Waals surface area contributed by atoms with Crippen LogP contribution in [0, 0.1) is 0 Å². The minimum absolute atomic E-state index is 0.0606. The van der Waals surface area contributed by atoms with E-state index in [1.54, 1.807) is 11.0 Å². The summed E-state index contributed by atoms with van der Waals surface area (Å²) in [5.41, 5.74) is 0.490. The molecule has 0 unspecified atom stereocenters. The van der Waals surface area contributed by atoms with Crippen LogP contribution in [-0.4, -0.2) is 74.5 Å². The zero-order valence-electron chi connectivity index (χ0n) is 13.9. The highest BCUT2D eigenvalue weighted by Gasteiger charge is 2.34. The molecule has 2 aliphatic rings. The number of rotatable bonds is 5. The number of sulfone groups is 1. The first kappa shape index (κ1) is 17.4. The summed E-state index contributed by atoms with van der Waals surface area (Å²) in [6.07, 6.45) is 1.99. The Morgan fingerprint density at radius 2 is 2.12 bits per heavy atom. The Morgan fingerprint density at radius 1 is 1.38 bits per heavy atom. The molecule has 0 N–H and O–H groups in total. The van der Waals surface area contributed by atoms with Gasteiger partial charge in [-0.15, -0.1) is 0 Å². The van der Waals surface area contributed by atoms with Crippen molar-refractivity contribution in [1.29, 1.82) is 0 Å². The Bertz CT molecular complexity index is 678. The van der Waals surface area contributed by atoms with E-state index in [4.69, 9.17) is 9.15 Å². The molecule has 0 spiro atoms. The lowest BCUT2D eigenvalue weighted by Gasteiger charge is -2.26. The minimum Gasteiger partial charge on any atom is -0.467 e. The van der Waals surface area contributed by atoms with Gasteiger partial charge in [-0.05, 0) is 19.4 Å². The van der Waals surface area contributed by atoms with E-state index in [0.29, 0.717) is 38.3 Å². The highest BCUT2D eigenvalue weighted by atomic mass is 32.2. The number of hydrogen-bond donors (Lipinski definition) is 0. The van der Waals surface area contributed by atoms with E-state index in [2.05, 4.69) is 4.90 Å². The molecule has 1 aromatic rings. The summed E-state index contributed by atoms with van der Waals surface area (Å²) in [6, 6.07) is 1.54. The van der Waals surface area contributed by atoms with E-state index in [9.17, 15) is 13.2 Å². The fourth-order valence-corrected chi connectivity index (χ4v) is 5.04. The second-order valence-corrected chi connectivity index (χ2v) is 8.57. The SMILES string of the molecule is CCN(C(=O)c1coc(CN2CCOCC2)c1)[C@@H]1CCS(=O)(=O)C1. The van der Waals surface area contributed by atoms with Crippen molar-refractivity contribution in [2.24, 2.45) is 0 Å². The van der Waals surface area contributed by atoms with Crippen LogP contribution in [0.15, 0.2) is 16.7 Å². The van der Waals surface area contributed by atoms with Crippen molar-refractivity contribution in [3.63, 3.8) is 0 Å². The van der Waals surface area contributed by atoms with E-state index >= 15 is 0 Å². The smallest absolute Gasteiger partial charge is 0.257 e. The molecule has 2 aliphatic heterocycles. The lowest BCUT2D eigenvalue weighted by Crippen LogP contribution is -2.40. The molecule has 2 saturated heterocycles. The second-order valence-electron chi connectivity index (χ2n) is 6.34. The van der Waals surface area contributed by atoms with E-state index in [1.165, 1.54) is 6.26 Å². The number of nitrogens with zero attached hydrogens (tertiary/aromatic N) is 2. The van der Waals surface area contributed by atoms with E-state index in [1.807, 2.05) is 6.92 Å². The molecule has 1 atom stereocenters. The summed E-state index contributed by atoms with van der Waals surface area (Å²) in [5, 5.41) is 0. The summed E-state index contributed by atoms with van der Waals surface area (Å²) in [6.45, 7) is 6.15. The maximum atomic E-state index is 12.7. The predicted octanol–water partition coefficient (Wildman–Crippen LogP) is 0.761. The van der Waals surface area contributed by atoms with Crippen LogP contribution in [0.2, 0.25) is 0 Å². The van der Waals surface area contributed by atoms with Gasteiger partial charge in [-0.25, -0.2) is 8.42 Å². The van der Waals surface area contributed by atoms with Gasteiger partial charge in [0.25, 0.3) is 5.91 Å². The fraction of sp³-hybridized carbons (Fsp3) is 0.688. The first-order valence-corrected chi connectivity index (χ1v) is 10.2. The van der Waals surface area contributed by atoms with E-state index in [-0.39, 0.29) is 23.5 Å². The monoisotopic (exact) mass is 356 g/mol. The maximum absolute atomic E-state index is 12.7. The average molecular weight is 356 g/mol. The van der Waals surface area contributed by atoms with E-state index in [0.717, 1.165) is 18.8 Å². The molecule has 8 heteroatoms. The average Bonchev–Trinajstić information content (AvgIpc) is 3.16. The Kier molecular flexibility index (Phi) is 5.27. The zero-order chi connectivity index (χ0) is 17.2. The van der Waals surface area contributed by atoms with Crippen molar-refractivity contribution in [2.45, 2.75) is 25.9 Å². The minimum atomic E-state index is -3.02. The van der Waals surface area contributed by atoms with Gasteiger partial charge in [-0.1, -0.05) is 0 Å². The molecule has 0 bridgehead atoms. The van der Waals surface area contributed by atoms with E-state index < -0.39 is 9.84 Å². The summed E-state index contributed by atoms with van der Waals surface area (Å²) in [7, 11) is -3.02. The van der Waals surface area contributed by atoms with Crippen molar-refractivity contribution >= 4 is 15.7 Å². The molecule has 1 aromatic heterocycles. The third-order valence-corrected chi connectivity index (χ3v) is 6.38. The van der Waals surface area contributed by atoms with Crippen molar-refractivity contribution in [1.82, 2.24) is 9.80 Å². The third kappa shape index (κ3) is 3.99.